The standard InChI is InChI=1S/C13H14ClN3O2S/c1-8-4-9(2)13(10(3)5-8)20(18,19)17-12-7-15-11(14)6-16-12/h4-7H,1-3H3,(H,16,17). The van der Waals surface area contributed by atoms with E-state index >= 15 is 0 Å². The summed E-state index contributed by atoms with van der Waals surface area (Å²) in [6.45, 7) is 5.46. The Morgan fingerprint density at radius 1 is 1.05 bits per heavy atom. The first-order valence-corrected chi connectivity index (χ1v) is 7.74. The molecule has 2 aromatic rings. The van der Waals surface area contributed by atoms with Gasteiger partial charge in [-0.3, -0.25) is 4.72 Å². The quantitative estimate of drug-likeness (QED) is 0.946. The van der Waals surface area contributed by atoms with Crippen molar-refractivity contribution in [3.63, 3.8) is 0 Å². The summed E-state index contributed by atoms with van der Waals surface area (Å²) < 4.78 is 27.3. The molecule has 0 aliphatic rings. The van der Waals surface area contributed by atoms with Gasteiger partial charge in [0.25, 0.3) is 10.0 Å². The van der Waals surface area contributed by atoms with Crippen molar-refractivity contribution in [2.45, 2.75) is 25.7 Å². The van der Waals surface area contributed by atoms with Gasteiger partial charge in [0.05, 0.1) is 17.3 Å². The molecule has 0 bridgehead atoms. The molecule has 0 amide bonds. The molecule has 0 atom stereocenters. The second-order valence-electron chi connectivity index (χ2n) is 4.56. The molecule has 2 rings (SSSR count). The Kier molecular flexibility index (Phi) is 3.96. The van der Waals surface area contributed by atoms with Crippen LogP contribution in [0.2, 0.25) is 5.15 Å². The van der Waals surface area contributed by atoms with Crippen molar-refractivity contribution in [3.05, 3.63) is 46.4 Å². The highest BCUT2D eigenvalue weighted by Crippen LogP contribution is 2.23. The summed E-state index contributed by atoms with van der Waals surface area (Å²) in [6, 6.07) is 3.66. The van der Waals surface area contributed by atoms with E-state index in [0.717, 1.165) is 5.56 Å². The van der Waals surface area contributed by atoms with E-state index in [4.69, 9.17) is 11.6 Å². The van der Waals surface area contributed by atoms with Crippen molar-refractivity contribution in [2.24, 2.45) is 0 Å². The van der Waals surface area contributed by atoms with Crippen molar-refractivity contribution >= 4 is 27.4 Å². The number of hydrogen-bond donors (Lipinski definition) is 1. The highest BCUT2D eigenvalue weighted by atomic mass is 35.5. The molecular formula is C13H14ClN3O2S. The Morgan fingerprint density at radius 2 is 1.65 bits per heavy atom. The third kappa shape index (κ3) is 3.08. The van der Waals surface area contributed by atoms with Gasteiger partial charge in [-0.15, -0.1) is 0 Å². The number of anilines is 1. The molecule has 7 heteroatoms. The monoisotopic (exact) mass is 311 g/mol. The summed E-state index contributed by atoms with van der Waals surface area (Å²) in [7, 11) is -3.70. The number of rotatable bonds is 3. The number of sulfonamides is 1. The maximum absolute atomic E-state index is 12.4. The minimum absolute atomic E-state index is 0.133. The second kappa shape index (κ2) is 5.38. The zero-order chi connectivity index (χ0) is 14.9. The molecule has 1 N–H and O–H groups in total. The fraction of sp³-hybridized carbons (Fsp3) is 0.231. The van der Waals surface area contributed by atoms with Gasteiger partial charge in [0.15, 0.2) is 5.82 Å². The van der Waals surface area contributed by atoms with Crippen LogP contribution in [-0.4, -0.2) is 18.4 Å². The molecule has 1 aromatic heterocycles. The SMILES string of the molecule is Cc1cc(C)c(S(=O)(=O)Nc2cnc(Cl)cn2)c(C)c1. The summed E-state index contributed by atoms with van der Waals surface area (Å²) in [6.07, 6.45) is 2.56. The Hall–Kier alpha value is -1.66. The van der Waals surface area contributed by atoms with Crippen LogP contribution in [0.1, 0.15) is 16.7 Å². The van der Waals surface area contributed by atoms with Crippen LogP contribution in [0, 0.1) is 20.8 Å². The molecule has 0 aliphatic heterocycles. The van der Waals surface area contributed by atoms with Gasteiger partial charge in [-0.2, -0.15) is 0 Å². The highest BCUT2D eigenvalue weighted by molar-refractivity contribution is 7.92. The van der Waals surface area contributed by atoms with E-state index in [1.165, 1.54) is 12.4 Å². The van der Waals surface area contributed by atoms with Crippen LogP contribution >= 0.6 is 11.6 Å². The number of aromatic nitrogens is 2. The van der Waals surface area contributed by atoms with Crippen LogP contribution in [0.3, 0.4) is 0 Å². The third-order valence-corrected chi connectivity index (χ3v) is 4.59. The van der Waals surface area contributed by atoms with Crippen molar-refractivity contribution in [3.8, 4) is 0 Å². The number of aryl methyl sites for hydroxylation is 3. The van der Waals surface area contributed by atoms with E-state index in [-0.39, 0.29) is 15.9 Å². The Balaban J connectivity index is 2.43. The van der Waals surface area contributed by atoms with Gasteiger partial charge in [-0.1, -0.05) is 29.3 Å². The van der Waals surface area contributed by atoms with Crippen LogP contribution in [-0.2, 0) is 10.0 Å². The second-order valence-corrected chi connectivity index (χ2v) is 6.56. The van der Waals surface area contributed by atoms with E-state index in [1.54, 1.807) is 13.8 Å². The summed E-state index contributed by atoms with van der Waals surface area (Å²) in [5, 5.41) is 0.204. The lowest BCUT2D eigenvalue weighted by Gasteiger charge is -2.13. The molecule has 106 valence electrons. The summed E-state index contributed by atoms with van der Waals surface area (Å²) >= 11 is 5.62. The Bertz CT molecular complexity index is 720. The average molecular weight is 312 g/mol. The number of nitrogens with one attached hydrogen (secondary N) is 1. The van der Waals surface area contributed by atoms with E-state index in [9.17, 15) is 8.42 Å². The van der Waals surface area contributed by atoms with E-state index in [1.807, 2.05) is 19.1 Å². The van der Waals surface area contributed by atoms with Crippen molar-refractivity contribution in [1.29, 1.82) is 0 Å². The molecular weight excluding hydrogens is 298 g/mol. The van der Waals surface area contributed by atoms with Gasteiger partial charge in [-0.05, 0) is 31.9 Å². The maximum atomic E-state index is 12.4. The zero-order valence-corrected chi connectivity index (χ0v) is 12.9. The number of benzene rings is 1. The molecule has 0 aliphatic carbocycles. The number of hydrogen-bond acceptors (Lipinski definition) is 4. The van der Waals surface area contributed by atoms with E-state index in [0.29, 0.717) is 11.1 Å². The molecule has 0 spiro atoms. The van der Waals surface area contributed by atoms with Crippen LogP contribution in [0.25, 0.3) is 0 Å². The first-order valence-electron chi connectivity index (χ1n) is 5.88. The zero-order valence-electron chi connectivity index (χ0n) is 11.3. The molecule has 0 saturated carbocycles. The van der Waals surface area contributed by atoms with Gasteiger partial charge in [0.2, 0.25) is 0 Å². The van der Waals surface area contributed by atoms with Gasteiger partial charge in [0.1, 0.15) is 5.15 Å². The predicted octanol–water partition coefficient (Wildman–Crippen LogP) is 2.86. The van der Waals surface area contributed by atoms with Crippen LogP contribution < -0.4 is 4.72 Å². The largest absolute Gasteiger partial charge is 0.263 e. The topological polar surface area (TPSA) is 72.0 Å². The normalized spacial score (nSPS) is 11.4. The minimum Gasteiger partial charge on any atom is -0.262 e. The molecule has 1 aromatic carbocycles. The summed E-state index contributed by atoms with van der Waals surface area (Å²) in [4.78, 5) is 7.94. The lowest BCUT2D eigenvalue weighted by molar-refractivity contribution is 0.599. The molecule has 0 fully saturated rings. The van der Waals surface area contributed by atoms with E-state index < -0.39 is 10.0 Å². The number of nitrogens with zero attached hydrogens (tertiary/aromatic N) is 2. The van der Waals surface area contributed by atoms with Gasteiger partial charge < -0.3 is 0 Å². The first-order chi connectivity index (χ1) is 9.29. The van der Waals surface area contributed by atoms with Crippen LogP contribution in [0.5, 0.6) is 0 Å². The fourth-order valence-electron chi connectivity index (χ4n) is 2.14. The molecule has 0 saturated heterocycles. The lowest BCUT2D eigenvalue weighted by atomic mass is 10.1. The Morgan fingerprint density at radius 3 is 2.15 bits per heavy atom. The van der Waals surface area contributed by atoms with Crippen molar-refractivity contribution in [1.82, 2.24) is 9.97 Å². The maximum Gasteiger partial charge on any atom is 0.263 e. The van der Waals surface area contributed by atoms with Crippen LogP contribution in [0.15, 0.2) is 29.4 Å². The summed E-state index contributed by atoms with van der Waals surface area (Å²) in [5.41, 5.74) is 2.40. The number of halogens is 1. The minimum atomic E-state index is -3.70. The molecule has 5 nitrogen and oxygen atoms in total. The van der Waals surface area contributed by atoms with Crippen molar-refractivity contribution < 1.29 is 8.42 Å². The molecule has 0 unspecified atom stereocenters. The summed E-state index contributed by atoms with van der Waals surface area (Å²) in [5.74, 6) is 0.133. The molecule has 0 radical (unpaired) electrons. The third-order valence-electron chi connectivity index (χ3n) is 2.73. The molecule has 20 heavy (non-hydrogen) atoms. The predicted molar refractivity (Wildman–Crippen MR) is 78.5 cm³/mol. The van der Waals surface area contributed by atoms with Crippen LogP contribution in [0.4, 0.5) is 5.82 Å². The fourth-order valence-corrected chi connectivity index (χ4v) is 3.69. The van der Waals surface area contributed by atoms with E-state index in [2.05, 4.69) is 14.7 Å². The van der Waals surface area contributed by atoms with Gasteiger partial charge >= 0.3 is 0 Å². The van der Waals surface area contributed by atoms with Gasteiger partial charge in [0, 0.05) is 0 Å². The first kappa shape index (κ1) is 14.7. The smallest absolute Gasteiger partial charge is 0.262 e. The lowest BCUT2D eigenvalue weighted by Crippen LogP contribution is -2.16. The average Bonchev–Trinajstić information content (AvgIpc) is 2.30. The Labute approximate surface area is 123 Å². The highest BCUT2D eigenvalue weighted by Gasteiger charge is 2.20. The van der Waals surface area contributed by atoms with Gasteiger partial charge in [-0.25, -0.2) is 18.4 Å². The van der Waals surface area contributed by atoms with Crippen molar-refractivity contribution in [2.75, 3.05) is 4.72 Å². The molecule has 1 heterocycles.